The molecule has 104 valence electrons. The van der Waals surface area contributed by atoms with Crippen LogP contribution in [0, 0.1) is 0 Å². The summed E-state index contributed by atoms with van der Waals surface area (Å²) in [6, 6.07) is 10.7. The summed E-state index contributed by atoms with van der Waals surface area (Å²) in [5, 5.41) is 14.7. The van der Waals surface area contributed by atoms with Crippen molar-refractivity contribution in [3.8, 4) is 0 Å². The van der Waals surface area contributed by atoms with E-state index in [4.69, 9.17) is 11.6 Å². The van der Waals surface area contributed by atoms with Crippen LogP contribution < -0.4 is 10.6 Å². The maximum absolute atomic E-state index is 12.2. The zero-order valence-electron chi connectivity index (χ0n) is 10.9. The number of amides is 1. The Morgan fingerprint density at radius 3 is 3.05 bits per heavy atom. The summed E-state index contributed by atoms with van der Waals surface area (Å²) in [7, 11) is 0. The van der Waals surface area contributed by atoms with E-state index in [1.165, 1.54) is 0 Å². The van der Waals surface area contributed by atoms with Crippen molar-refractivity contribution in [2.45, 2.75) is 6.04 Å². The predicted molar refractivity (Wildman–Crippen MR) is 82.5 cm³/mol. The number of halogens is 1. The average molecular weight is 299 g/mol. The van der Waals surface area contributed by atoms with Crippen LogP contribution in [0.1, 0.15) is 11.6 Å². The van der Waals surface area contributed by atoms with Crippen molar-refractivity contribution in [2.24, 2.45) is 0 Å². The van der Waals surface area contributed by atoms with E-state index in [1.54, 1.807) is 18.3 Å². The van der Waals surface area contributed by atoms with Gasteiger partial charge in [-0.3, -0.25) is 9.89 Å². The summed E-state index contributed by atoms with van der Waals surface area (Å²) in [4.78, 5) is 12.2. The molecule has 1 unspecified atom stereocenters. The molecule has 2 heterocycles. The van der Waals surface area contributed by atoms with Gasteiger partial charge in [-0.25, -0.2) is 0 Å². The van der Waals surface area contributed by atoms with Crippen LogP contribution >= 0.6 is 11.6 Å². The number of aromatic amines is 1. The first-order valence-electron chi connectivity index (χ1n) is 6.51. The monoisotopic (exact) mass is 298 g/mol. The molecule has 4 rings (SSSR count). The first-order chi connectivity index (χ1) is 10.2. The smallest absolute Gasteiger partial charge is 0.251 e. The van der Waals surface area contributed by atoms with Gasteiger partial charge in [0.2, 0.25) is 0 Å². The number of hydrogen-bond acceptors (Lipinski definition) is 3. The number of carbonyl (C=O) groups excluding carboxylic acids is 1. The van der Waals surface area contributed by atoms with Crippen molar-refractivity contribution in [2.75, 3.05) is 10.6 Å². The average Bonchev–Trinajstić information content (AvgIpc) is 3.05. The molecular formula is C15H11ClN4O. The quantitative estimate of drug-likeness (QED) is 0.680. The number of H-pyrrole nitrogens is 1. The van der Waals surface area contributed by atoms with Crippen LogP contribution in [0.4, 0.5) is 11.4 Å². The highest BCUT2D eigenvalue weighted by atomic mass is 35.5. The third-order valence-corrected chi connectivity index (χ3v) is 3.86. The molecule has 0 radical (unpaired) electrons. The number of hydrogen-bond donors (Lipinski definition) is 3. The van der Waals surface area contributed by atoms with Gasteiger partial charge in [-0.1, -0.05) is 23.7 Å². The van der Waals surface area contributed by atoms with Gasteiger partial charge in [0.1, 0.15) is 6.04 Å². The molecular weight excluding hydrogens is 288 g/mol. The van der Waals surface area contributed by atoms with E-state index in [-0.39, 0.29) is 5.91 Å². The lowest BCUT2D eigenvalue weighted by molar-refractivity contribution is -0.116. The SMILES string of the molecule is O=C1Nc2ccc(Cl)cc2C1Nc1cccc2cn[nH]c12. The van der Waals surface area contributed by atoms with E-state index in [2.05, 4.69) is 20.8 Å². The number of anilines is 2. The topological polar surface area (TPSA) is 69.8 Å². The van der Waals surface area contributed by atoms with Gasteiger partial charge in [-0.15, -0.1) is 0 Å². The molecule has 0 saturated heterocycles. The molecule has 1 amide bonds. The minimum absolute atomic E-state index is 0.0937. The molecule has 0 bridgehead atoms. The fourth-order valence-electron chi connectivity index (χ4n) is 2.62. The van der Waals surface area contributed by atoms with E-state index in [9.17, 15) is 4.79 Å². The summed E-state index contributed by atoms with van der Waals surface area (Å²) in [5.74, 6) is -0.0937. The van der Waals surface area contributed by atoms with Gasteiger partial charge in [0.05, 0.1) is 17.4 Å². The maximum atomic E-state index is 12.2. The number of para-hydroxylation sites is 1. The number of benzene rings is 2. The molecule has 3 N–H and O–H groups in total. The van der Waals surface area contributed by atoms with Crippen LogP contribution in [0.2, 0.25) is 5.02 Å². The Labute approximate surface area is 125 Å². The Morgan fingerprint density at radius 1 is 1.24 bits per heavy atom. The summed E-state index contributed by atoms with van der Waals surface area (Å²) in [5.41, 5.74) is 3.35. The van der Waals surface area contributed by atoms with E-state index in [0.29, 0.717) is 5.02 Å². The van der Waals surface area contributed by atoms with Gasteiger partial charge in [-0.2, -0.15) is 5.10 Å². The number of carbonyl (C=O) groups is 1. The van der Waals surface area contributed by atoms with Gasteiger partial charge in [0, 0.05) is 21.7 Å². The van der Waals surface area contributed by atoms with Crippen molar-refractivity contribution in [3.05, 3.63) is 53.2 Å². The number of nitrogens with zero attached hydrogens (tertiary/aromatic N) is 1. The second-order valence-corrected chi connectivity index (χ2v) is 5.37. The summed E-state index contributed by atoms with van der Waals surface area (Å²) in [6.07, 6.45) is 1.75. The largest absolute Gasteiger partial charge is 0.368 e. The fraction of sp³-hybridized carbons (Fsp3) is 0.0667. The molecule has 1 aliphatic rings. The first-order valence-corrected chi connectivity index (χ1v) is 6.89. The summed E-state index contributed by atoms with van der Waals surface area (Å²) in [6.45, 7) is 0. The summed E-state index contributed by atoms with van der Waals surface area (Å²) >= 11 is 6.03. The van der Waals surface area contributed by atoms with Gasteiger partial charge in [0.25, 0.3) is 5.91 Å². The van der Waals surface area contributed by atoms with Crippen LogP contribution in [0.15, 0.2) is 42.6 Å². The minimum atomic E-state index is -0.465. The van der Waals surface area contributed by atoms with Gasteiger partial charge in [-0.05, 0) is 24.3 Å². The molecule has 0 fully saturated rings. The molecule has 1 aliphatic heterocycles. The van der Waals surface area contributed by atoms with Crippen LogP contribution in [0.25, 0.3) is 10.9 Å². The molecule has 5 nitrogen and oxygen atoms in total. The molecule has 2 aromatic carbocycles. The maximum Gasteiger partial charge on any atom is 0.251 e. The molecule has 3 aromatic rings. The number of nitrogens with one attached hydrogen (secondary N) is 3. The van der Waals surface area contributed by atoms with Crippen LogP contribution in [-0.4, -0.2) is 16.1 Å². The third kappa shape index (κ3) is 1.94. The Kier molecular flexibility index (Phi) is 2.62. The van der Waals surface area contributed by atoms with Gasteiger partial charge < -0.3 is 10.6 Å². The highest BCUT2D eigenvalue weighted by molar-refractivity contribution is 6.31. The predicted octanol–water partition coefficient (Wildman–Crippen LogP) is 3.32. The van der Waals surface area contributed by atoms with E-state index in [0.717, 1.165) is 27.8 Å². The van der Waals surface area contributed by atoms with Crippen molar-refractivity contribution in [1.82, 2.24) is 10.2 Å². The zero-order valence-corrected chi connectivity index (χ0v) is 11.6. The first kappa shape index (κ1) is 12.2. The lowest BCUT2D eigenvalue weighted by atomic mass is 10.1. The van der Waals surface area contributed by atoms with E-state index >= 15 is 0 Å². The standard InChI is InChI=1S/C15H11ClN4O/c16-9-4-5-11-10(6-9)14(15(21)19-11)18-12-3-1-2-8-7-17-20-13(8)12/h1-7,14,18H,(H,17,20)(H,19,21). The van der Waals surface area contributed by atoms with Crippen molar-refractivity contribution in [3.63, 3.8) is 0 Å². The van der Waals surface area contributed by atoms with Crippen LogP contribution in [0.5, 0.6) is 0 Å². The van der Waals surface area contributed by atoms with Crippen molar-refractivity contribution < 1.29 is 4.79 Å². The highest BCUT2D eigenvalue weighted by Gasteiger charge is 2.31. The van der Waals surface area contributed by atoms with Crippen molar-refractivity contribution >= 4 is 39.8 Å². The normalized spacial score (nSPS) is 16.8. The Hall–Kier alpha value is -2.53. The van der Waals surface area contributed by atoms with Crippen LogP contribution in [0.3, 0.4) is 0 Å². The van der Waals surface area contributed by atoms with Crippen LogP contribution in [-0.2, 0) is 4.79 Å². The molecule has 6 heteroatoms. The number of fused-ring (bicyclic) bond motifs is 2. The zero-order chi connectivity index (χ0) is 14.4. The molecule has 0 saturated carbocycles. The number of rotatable bonds is 2. The second kappa shape index (κ2) is 4.49. The van der Waals surface area contributed by atoms with Gasteiger partial charge in [0.15, 0.2) is 0 Å². The lowest BCUT2D eigenvalue weighted by Gasteiger charge is -2.13. The third-order valence-electron chi connectivity index (χ3n) is 3.62. The van der Waals surface area contributed by atoms with E-state index < -0.39 is 6.04 Å². The van der Waals surface area contributed by atoms with Gasteiger partial charge >= 0.3 is 0 Å². The molecule has 1 aromatic heterocycles. The Balaban J connectivity index is 1.77. The van der Waals surface area contributed by atoms with Crippen molar-refractivity contribution in [1.29, 1.82) is 0 Å². The lowest BCUT2D eigenvalue weighted by Crippen LogP contribution is -2.19. The Bertz CT molecular complexity index is 858. The molecule has 0 spiro atoms. The fourth-order valence-corrected chi connectivity index (χ4v) is 2.80. The highest BCUT2D eigenvalue weighted by Crippen LogP contribution is 2.36. The number of aromatic nitrogens is 2. The Morgan fingerprint density at radius 2 is 2.14 bits per heavy atom. The van der Waals surface area contributed by atoms with E-state index in [1.807, 2.05) is 24.3 Å². The second-order valence-electron chi connectivity index (χ2n) is 4.94. The molecule has 0 aliphatic carbocycles. The minimum Gasteiger partial charge on any atom is -0.368 e. The molecule has 21 heavy (non-hydrogen) atoms. The summed E-state index contributed by atoms with van der Waals surface area (Å²) < 4.78 is 0. The molecule has 1 atom stereocenters.